The largest absolute Gasteiger partial charge is 0.374 e. The molecule has 2 aromatic rings. The normalized spacial score (nSPS) is 13.3. The molecule has 0 fully saturated rings. The van der Waals surface area contributed by atoms with Gasteiger partial charge in [0.2, 0.25) is 5.91 Å². The Morgan fingerprint density at radius 1 is 1.24 bits per heavy atom. The number of anilines is 2. The predicted molar refractivity (Wildman–Crippen MR) is 77.2 cm³/mol. The smallest absolute Gasteiger partial charge is 0.246 e. The van der Waals surface area contributed by atoms with Crippen molar-refractivity contribution >= 4 is 17.3 Å². The molecule has 1 N–H and O–H groups in total. The zero-order valence-corrected chi connectivity index (χ0v) is 11.1. The van der Waals surface area contributed by atoms with Crippen molar-refractivity contribution in [3.8, 4) is 6.07 Å². The van der Waals surface area contributed by atoms with Gasteiger partial charge in [-0.05, 0) is 18.2 Å². The lowest BCUT2D eigenvalue weighted by atomic mass is 10.1. The summed E-state index contributed by atoms with van der Waals surface area (Å²) in [6.07, 6.45) is 0. The molecule has 5 heteroatoms. The van der Waals surface area contributed by atoms with Crippen LogP contribution in [0.15, 0.2) is 42.5 Å². The van der Waals surface area contributed by atoms with Crippen molar-refractivity contribution in [2.75, 3.05) is 16.8 Å². The summed E-state index contributed by atoms with van der Waals surface area (Å²) in [5.74, 6) is -0.695. The molecule has 1 aliphatic rings. The number of carbonyl (C=O) groups is 1. The number of carbonyl (C=O) groups excluding carboxylic acids is 1. The molecular formula is C16H12FN3O. The molecule has 0 radical (unpaired) electrons. The third-order valence-corrected chi connectivity index (χ3v) is 3.45. The number of benzene rings is 2. The van der Waals surface area contributed by atoms with Gasteiger partial charge in [-0.1, -0.05) is 24.3 Å². The first-order valence-electron chi connectivity index (χ1n) is 6.51. The predicted octanol–water partition coefficient (Wildman–Crippen LogP) is 2.66. The van der Waals surface area contributed by atoms with Gasteiger partial charge in [-0.3, -0.25) is 4.79 Å². The molecule has 0 bridgehead atoms. The molecule has 0 saturated heterocycles. The second-order valence-electron chi connectivity index (χ2n) is 4.74. The zero-order valence-electron chi connectivity index (χ0n) is 11.1. The monoisotopic (exact) mass is 281 g/mol. The lowest BCUT2D eigenvalue weighted by Gasteiger charge is -2.30. The number of rotatable bonds is 2. The molecule has 21 heavy (non-hydrogen) atoms. The molecule has 3 rings (SSSR count). The molecule has 0 saturated carbocycles. The quantitative estimate of drug-likeness (QED) is 0.920. The summed E-state index contributed by atoms with van der Waals surface area (Å²) >= 11 is 0. The fourth-order valence-corrected chi connectivity index (χ4v) is 2.39. The molecule has 4 nitrogen and oxygen atoms in total. The minimum absolute atomic E-state index is 0.0108. The number of hydrogen-bond acceptors (Lipinski definition) is 3. The van der Waals surface area contributed by atoms with Crippen molar-refractivity contribution < 1.29 is 9.18 Å². The van der Waals surface area contributed by atoms with E-state index in [1.807, 2.05) is 30.3 Å². The second kappa shape index (κ2) is 5.25. The molecular weight excluding hydrogens is 269 g/mol. The van der Waals surface area contributed by atoms with Gasteiger partial charge >= 0.3 is 0 Å². The molecule has 0 atom stereocenters. The summed E-state index contributed by atoms with van der Waals surface area (Å²) in [5.41, 5.74) is 1.88. The standard InChI is InChI=1S/C16H12FN3O/c17-16-11(8-18)4-3-5-12(16)10-20-14-7-2-1-6-13(14)19-9-15(20)21/h1-7,19H,9-10H2. The zero-order chi connectivity index (χ0) is 14.8. The topological polar surface area (TPSA) is 56.1 Å². The van der Waals surface area contributed by atoms with Gasteiger partial charge in [0.15, 0.2) is 0 Å². The van der Waals surface area contributed by atoms with Crippen LogP contribution in [0.1, 0.15) is 11.1 Å². The van der Waals surface area contributed by atoms with E-state index in [1.54, 1.807) is 12.1 Å². The number of para-hydroxylation sites is 2. The Hall–Kier alpha value is -2.87. The van der Waals surface area contributed by atoms with Crippen LogP contribution in [0.2, 0.25) is 0 Å². The van der Waals surface area contributed by atoms with Crippen LogP contribution in [0.4, 0.5) is 15.8 Å². The highest BCUT2D eigenvalue weighted by atomic mass is 19.1. The van der Waals surface area contributed by atoms with E-state index >= 15 is 0 Å². The Morgan fingerprint density at radius 2 is 2.05 bits per heavy atom. The lowest BCUT2D eigenvalue weighted by Crippen LogP contribution is -2.39. The van der Waals surface area contributed by atoms with Gasteiger partial charge in [0.25, 0.3) is 0 Å². The number of halogens is 1. The highest BCUT2D eigenvalue weighted by Gasteiger charge is 2.24. The molecule has 2 aromatic carbocycles. The van der Waals surface area contributed by atoms with Gasteiger partial charge in [0.1, 0.15) is 11.9 Å². The van der Waals surface area contributed by atoms with Crippen molar-refractivity contribution in [3.63, 3.8) is 0 Å². The van der Waals surface area contributed by atoms with Gasteiger partial charge in [0.05, 0.1) is 30.0 Å². The van der Waals surface area contributed by atoms with E-state index in [4.69, 9.17) is 5.26 Å². The van der Waals surface area contributed by atoms with Gasteiger partial charge in [-0.15, -0.1) is 0 Å². The number of nitrogens with one attached hydrogen (secondary N) is 1. The Balaban J connectivity index is 1.99. The van der Waals surface area contributed by atoms with Crippen LogP contribution in [-0.4, -0.2) is 12.5 Å². The van der Waals surface area contributed by atoms with E-state index in [0.29, 0.717) is 5.56 Å². The summed E-state index contributed by atoms with van der Waals surface area (Å²) in [4.78, 5) is 13.6. The van der Waals surface area contributed by atoms with Crippen LogP contribution in [0, 0.1) is 17.1 Å². The van der Waals surface area contributed by atoms with E-state index in [0.717, 1.165) is 11.4 Å². The molecule has 0 aromatic heterocycles. The SMILES string of the molecule is N#Cc1cccc(CN2C(=O)CNc3ccccc32)c1F. The van der Waals surface area contributed by atoms with Crippen molar-refractivity contribution in [1.82, 2.24) is 0 Å². The molecule has 0 spiro atoms. The third kappa shape index (κ3) is 2.32. The fourth-order valence-electron chi connectivity index (χ4n) is 2.39. The Morgan fingerprint density at radius 3 is 2.86 bits per heavy atom. The third-order valence-electron chi connectivity index (χ3n) is 3.45. The first-order valence-corrected chi connectivity index (χ1v) is 6.51. The average Bonchev–Trinajstić information content (AvgIpc) is 2.52. The molecule has 1 amide bonds. The minimum Gasteiger partial charge on any atom is -0.374 e. The van der Waals surface area contributed by atoms with E-state index in [9.17, 15) is 9.18 Å². The Labute approximate surface area is 121 Å². The van der Waals surface area contributed by atoms with Gasteiger partial charge in [-0.25, -0.2) is 4.39 Å². The molecule has 0 aliphatic carbocycles. The maximum atomic E-state index is 14.2. The summed E-state index contributed by atoms with van der Waals surface area (Å²) < 4.78 is 14.2. The van der Waals surface area contributed by atoms with E-state index in [1.165, 1.54) is 11.0 Å². The lowest BCUT2D eigenvalue weighted by molar-refractivity contribution is -0.117. The summed E-state index contributed by atoms with van der Waals surface area (Å²) in [7, 11) is 0. The van der Waals surface area contributed by atoms with Crippen LogP contribution in [0.5, 0.6) is 0 Å². The van der Waals surface area contributed by atoms with E-state index < -0.39 is 5.82 Å². The summed E-state index contributed by atoms with van der Waals surface area (Å²) in [6.45, 7) is 0.287. The van der Waals surface area contributed by atoms with Crippen molar-refractivity contribution in [3.05, 3.63) is 59.4 Å². The highest BCUT2D eigenvalue weighted by molar-refractivity contribution is 6.02. The van der Waals surface area contributed by atoms with Gasteiger partial charge < -0.3 is 10.2 Å². The van der Waals surface area contributed by atoms with Crippen LogP contribution < -0.4 is 10.2 Å². The van der Waals surface area contributed by atoms with Gasteiger partial charge in [-0.2, -0.15) is 5.26 Å². The maximum absolute atomic E-state index is 14.2. The number of amides is 1. The molecule has 0 unspecified atom stereocenters. The molecule has 1 aliphatic heterocycles. The van der Waals surface area contributed by atoms with Crippen molar-refractivity contribution in [2.24, 2.45) is 0 Å². The van der Waals surface area contributed by atoms with Crippen LogP contribution in [0.3, 0.4) is 0 Å². The molecule has 1 heterocycles. The number of nitriles is 1. The molecule has 104 valence electrons. The average molecular weight is 281 g/mol. The van der Waals surface area contributed by atoms with Crippen LogP contribution in [-0.2, 0) is 11.3 Å². The van der Waals surface area contributed by atoms with Crippen molar-refractivity contribution in [1.29, 1.82) is 5.26 Å². The van der Waals surface area contributed by atoms with Crippen LogP contribution in [0.25, 0.3) is 0 Å². The highest BCUT2D eigenvalue weighted by Crippen LogP contribution is 2.30. The Bertz CT molecular complexity index is 751. The Kier molecular flexibility index (Phi) is 3.28. The van der Waals surface area contributed by atoms with Crippen LogP contribution >= 0.6 is 0 Å². The minimum atomic E-state index is -0.566. The number of nitrogens with zero attached hydrogens (tertiary/aromatic N) is 2. The number of fused-ring (bicyclic) bond motifs is 1. The van der Waals surface area contributed by atoms with E-state index in [-0.39, 0.29) is 24.6 Å². The summed E-state index contributed by atoms with van der Waals surface area (Å²) in [5, 5.41) is 11.9. The number of hydrogen-bond donors (Lipinski definition) is 1. The van der Waals surface area contributed by atoms with E-state index in [2.05, 4.69) is 5.32 Å². The fraction of sp³-hybridized carbons (Fsp3) is 0.125. The second-order valence-corrected chi connectivity index (χ2v) is 4.74. The summed E-state index contributed by atoms with van der Waals surface area (Å²) in [6, 6.07) is 13.8. The van der Waals surface area contributed by atoms with Gasteiger partial charge in [0, 0.05) is 5.56 Å². The van der Waals surface area contributed by atoms with Crippen molar-refractivity contribution in [2.45, 2.75) is 6.54 Å². The first kappa shape index (κ1) is 13.1. The first-order chi connectivity index (χ1) is 10.2. The maximum Gasteiger partial charge on any atom is 0.246 e.